The van der Waals surface area contributed by atoms with Crippen molar-refractivity contribution in [2.75, 3.05) is 18.5 Å². The Kier molecular flexibility index (Phi) is 6.34. The maximum absolute atomic E-state index is 12.3. The molecule has 1 heterocycles. The summed E-state index contributed by atoms with van der Waals surface area (Å²) in [5.74, 6) is 0.973. The van der Waals surface area contributed by atoms with Crippen LogP contribution in [-0.4, -0.2) is 29.3 Å². The van der Waals surface area contributed by atoms with E-state index in [1.54, 1.807) is 18.2 Å². The molecule has 0 aliphatic carbocycles. The molecule has 7 heteroatoms. The van der Waals surface area contributed by atoms with Crippen molar-refractivity contribution >= 4 is 22.4 Å². The van der Waals surface area contributed by atoms with Crippen LogP contribution in [-0.2, 0) is 6.42 Å². The molecule has 2 aromatic rings. The summed E-state index contributed by atoms with van der Waals surface area (Å²) in [6.07, 6.45) is 1.70. The minimum absolute atomic E-state index is 0.244. The molecule has 0 bridgehead atoms. The van der Waals surface area contributed by atoms with Gasteiger partial charge in [0.15, 0.2) is 11.5 Å². The van der Waals surface area contributed by atoms with Gasteiger partial charge in [-0.1, -0.05) is 25.2 Å². The monoisotopic (exact) mass is 335 g/mol. The Morgan fingerprint density at radius 1 is 1.17 bits per heavy atom. The molecule has 1 N–H and O–H groups in total. The first-order valence-electron chi connectivity index (χ1n) is 7.71. The summed E-state index contributed by atoms with van der Waals surface area (Å²) < 4.78 is 11.2. The highest BCUT2D eigenvalue weighted by molar-refractivity contribution is 7.15. The van der Waals surface area contributed by atoms with Crippen LogP contribution in [0.3, 0.4) is 0 Å². The fourth-order valence-corrected chi connectivity index (χ4v) is 2.54. The van der Waals surface area contributed by atoms with Crippen molar-refractivity contribution in [3.8, 4) is 11.5 Å². The Bertz CT molecular complexity index is 658. The van der Waals surface area contributed by atoms with Gasteiger partial charge in [-0.25, -0.2) is 0 Å². The lowest BCUT2D eigenvalue weighted by Crippen LogP contribution is -2.12. The standard InChI is InChI=1S/C16H21N3O3S/c1-4-9-22-12-8-7-11(10-13(12)21-6-3)15(20)17-16-19-18-14(5-2)23-16/h7-8,10H,4-6,9H2,1-3H3,(H,17,19,20). The van der Waals surface area contributed by atoms with Crippen molar-refractivity contribution < 1.29 is 14.3 Å². The van der Waals surface area contributed by atoms with Crippen LogP contribution in [0.5, 0.6) is 11.5 Å². The molecule has 23 heavy (non-hydrogen) atoms. The highest BCUT2D eigenvalue weighted by Crippen LogP contribution is 2.29. The van der Waals surface area contributed by atoms with Gasteiger partial charge in [0.2, 0.25) is 5.13 Å². The van der Waals surface area contributed by atoms with E-state index < -0.39 is 0 Å². The van der Waals surface area contributed by atoms with E-state index in [4.69, 9.17) is 9.47 Å². The topological polar surface area (TPSA) is 73.3 Å². The minimum atomic E-state index is -0.244. The highest BCUT2D eigenvalue weighted by Gasteiger charge is 2.13. The van der Waals surface area contributed by atoms with E-state index in [9.17, 15) is 4.79 Å². The van der Waals surface area contributed by atoms with E-state index in [2.05, 4.69) is 15.5 Å². The third-order valence-electron chi connectivity index (χ3n) is 2.96. The molecule has 0 aliphatic heterocycles. The van der Waals surface area contributed by atoms with Crippen LogP contribution in [0.1, 0.15) is 42.6 Å². The van der Waals surface area contributed by atoms with Gasteiger partial charge in [-0.15, -0.1) is 10.2 Å². The zero-order chi connectivity index (χ0) is 16.7. The van der Waals surface area contributed by atoms with Crippen LogP contribution in [0.4, 0.5) is 5.13 Å². The summed E-state index contributed by atoms with van der Waals surface area (Å²) in [7, 11) is 0. The highest BCUT2D eigenvalue weighted by atomic mass is 32.1. The molecule has 0 aliphatic rings. The average molecular weight is 335 g/mol. The zero-order valence-electron chi connectivity index (χ0n) is 13.6. The average Bonchev–Trinajstić information content (AvgIpc) is 3.01. The minimum Gasteiger partial charge on any atom is -0.490 e. The number of carbonyl (C=O) groups is 1. The summed E-state index contributed by atoms with van der Waals surface area (Å²) in [6.45, 7) is 7.04. The van der Waals surface area contributed by atoms with Crippen LogP contribution in [0, 0.1) is 0 Å². The molecule has 0 atom stereocenters. The predicted molar refractivity (Wildman–Crippen MR) is 90.6 cm³/mol. The molecule has 0 radical (unpaired) electrons. The largest absolute Gasteiger partial charge is 0.490 e. The molecule has 1 aromatic carbocycles. The summed E-state index contributed by atoms with van der Waals surface area (Å²) in [5, 5.41) is 12.1. The van der Waals surface area contributed by atoms with Gasteiger partial charge in [-0.2, -0.15) is 0 Å². The first kappa shape index (κ1) is 17.2. The molecule has 0 unspecified atom stereocenters. The summed E-state index contributed by atoms with van der Waals surface area (Å²) in [6, 6.07) is 5.16. The number of rotatable bonds is 8. The molecule has 0 saturated carbocycles. The van der Waals surface area contributed by atoms with Gasteiger partial charge in [-0.3, -0.25) is 10.1 Å². The van der Waals surface area contributed by atoms with E-state index in [1.165, 1.54) is 11.3 Å². The van der Waals surface area contributed by atoms with Crippen LogP contribution < -0.4 is 14.8 Å². The van der Waals surface area contributed by atoms with Crippen LogP contribution in [0.25, 0.3) is 0 Å². The second kappa shape index (κ2) is 8.47. The van der Waals surface area contributed by atoms with Gasteiger partial charge < -0.3 is 9.47 Å². The Balaban J connectivity index is 2.14. The number of anilines is 1. The lowest BCUT2D eigenvalue weighted by atomic mass is 10.2. The molecular formula is C16H21N3O3S. The number of ether oxygens (including phenoxy) is 2. The molecule has 6 nitrogen and oxygen atoms in total. The first-order chi connectivity index (χ1) is 11.2. The first-order valence-corrected chi connectivity index (χ1v) is 8.52. The van der Waals surface area contributed by atoms with Crippen molar-refractivity contribution in [1.29, 1.82) is 0 Å². The predicted octanol–water partition coefficient (Wildman–Crippen LogP) is 3.54. The van der Waals surface area contributed by atoms with Crippen LogP contribution >= 0.6 is 11.3 Å². The maximum atomic E-state index is 12.3. The van der Waals surface area contributed by atoms with Gasteiger partial charge in [0, 0.05) is 5.56 Å². The maximum Gasteiger partial charge on any atom is 0.257 e. The number of nitrogens with zero attached hydrogens (tertiary/aromatic N) is 2. The molecule has 1 amide bonds. The van der Waals surface area contributed by atoms with Crippen LogP contribution in [0.2, 0.25) is 0 Å². The SMILES string of the molecule is CCCOc1ccc(C(=O)Nc2nnc(CC)s2)cc1OCC. The van der Waals surface area contributed by atoms with E-state index in [0.29, 0.717) is 35.4 Å². The molecule has 0 spiro atoms. The summed E-state index contributed by atoms with van der Waals surface area (Å²) in [5.41, 5.74) is 0.491. The number of amides is 1. The van der Waals surface area contributed by atoms with E-state index in [1.807, 2.05) is 20.8 Å². The number of hydrogen-bond donors (Lipinski definition) is 1. The van der Waals surface area contributed by atoms with Gasteiger partial charge in [0.1, 0.15) is 5.01 Å². The number of aromatic nitrogens is 2. The molecule has 0 fully saturated rings. The molecule has 0 saturated heterocycles. The second-order valence-electron chi connectivity index (χ2n) is 4.75. The molecule has 2 rings (SSSR count). The zero-order valence-corrected chi connectivity index (χ0v) is 14.4. The number of hydrogen-bond acceptors (Lipinski definition) is 6. The quantitative estimate of drug-likeness (QED) is 0.799. The lowest BCUT2D eigenvalue weighted by molar-refractivity contribution is 0.102. The second-order valence-corrected chi connectivity index (χ2v) is 5.81. The smallest absolute Gasteiger partial charge is 0.257 e. The van der Waals surface area contributed by atoms with Gasteiger partial charge in [-0.05, 0) is 38.0 Å². The lowest BCUT2D eigenvalue weighted by Gasteiger charge is -2.12. The molecular weight excluding hydrogens is 314 g/mol. The van der Waals surface area contributed by atoms with Crippen molar-refractivity contribution in [1.82, 2.24) is 10.2 Å². The Morgan fingerprint density at radius 3 is 2.65 bits per heavy atom. The van der Waals surface area contributed by atoms with Crippen LogP contribution in [0.15, 0.2) is 18.2 Å². The normalized spacial score (nSPS) is 10.4. The number of aryl methyl sites for hydroxylation is 1. The van der Waals surface area contributed by atoms with Crippen molar-refractivity contribution in [2.45, 2.75) is 33.6 Å². The van der Waals surface area contributed by atoms with Gasteiger partial charge in [0.05, 0.1) is 13.2 Å². The summed E-state index contributed by atoms with van der Waals surface area (Å²) >= 11 is 1.37. The molecule has 124 valence electrons. The van der Waals surface area contributed by atoms with Crippen molar-refractivity contribution in [3.05, 3.63) is 28.8 Å². The van der Waals surface area contributed by atoms with E-state index in [0.717, 1.165) is 17.8 Å². The van der Waals surface area contributed by atoms with E-state index in [-0.39, 0.29) is 5.91 Å². The third-order valence-corrected chi connectivity index (χ3v) is 3.94. The summed E-state index contributed by atoms with van der Waals surface area (Å²) in [4.78, 5) is 12.3. The Labute approximate surface area is 139 Å². The fourth-order valence-electron chi connectivity index (χ4n) is 1.87. The Morgan fingerprint density at radius 2 is 2.00 bits per heavy atom. The van der Waals surface area contributed by atoms with Crippen molar-refractivity contribution in [2.24, 2.45) is 0 Å². The van der Waals surface area contributed by atoms with Crippen molar-refractivity contribution in [3.63, 3.8) is 0 Å². The number of carbonyl (C=O) groups excluding carboxylic acids is 1. The molecule has 1 aromatic heterocycles. The van der Waals surface area contributed by atoms with Gasteiger partial charge >= 0.3 is 0 Å². The third kappa shape index (κ3) is 4.66. The number of nitrogens with one attached hydrogen (secondary N) is 1. The number of benzene rings is 1. The van der Waals surface area contributed by atoms with Gasteiger partial charge in [0.25, 0.3) is 5.91 Å². The Hall–Kier alpha value is -2.15. The fraction of sp³-hybridized carbons (Fsp3) is 0.438. The van der Waals surface area contributed by atoms with E-state index >= 15 is 0 Å².